The average molecular weight is 383 g/mol. The Bertz CT molecular complexity index is 721. The van der Waals surface area contributed by atoms with Gasteiger partial charge in [0.15, 0.2) is 5.96 Å². The Balaban J connectivity index is 1.34. The molecule has 7 heteroatoms. The minimum Gasteiger partial charge on any atom is -0.469 e. The van der Waals surface area contributed by atoms with Crippen LogP contribution in [0.3, 0.4) is 0 Å². The second-order valence-electron chi connectivity index (χ2n) is 7.31. The maximum atomic E-state index is 5.50. The number of pyridine rings is 1. The number of ether oxygens (including phenoxy) is 1. The molecule has 0 aliphatic carbocycles. The van der Waals surface area contributed by atoms with Crippen molar-refractivity contribution in [2.45, 2.75) is 12.8 Å². The summed E-state index contributed by atoms with van der Waals surface area (Å²) in [5, 5.41) is 3.55. The van der Waals surface area contributed by atoms with Crippen molar-refractivity contribution in [1.29, 1.82) is 0 Å². The van der Waals surface area contributed by atoms with Crippen LogP contribution in [-0.4, -0.2) is 68.3 Å². The Morgan fingerprint density at radius 1 is 1.18 bits per heavy atom. The van der Waals surface area contributed by atoms with E-state index in [2.05, 4.69) is 26.2 Å². The molecule has 1 N–H and O–H groups in total. The van der Waals surface area contributed by atoms with Crippen LogP contribution in [-0.2, 0) is 11.2 Å². The van der Waals surface area contributed by atoms with Crippen LogP contribution < -0.4 is 10.2 Å². The van der Waals surface area contributed by atoms with Crippen LogP contribution in [0.15, 0.2) is 52.2 Å². The first-order valence-electron chi connectivity index (χ1n) is 10.2. The molecule has 0 aromatic carbocycles. The van der Waals surface area contributed by atoms with Gasteiger partial charge in [0, 0.05) is 64.4 Å². The summed E-state index contributed by atoms with van der Waals surface area (Å²) in [6, 6.07) is 10.0. The van der Waals surface area contributed by atoms with Crippen LogP contribution in [0.25, 0.3) is 0 Å². The van der Waals surface area contributed by atoms with Gasteiger partial charge in [-0.05, 0) is 30.7 Å². The first kappa shape index (κ1) is 18.8. The van der Waals surface area contributed by atoms with Gasteiger partial charge in [0.1, 0.15) is 11.6 Å². The van der Waals surface area contributed by atoms with Crippen LogP contribution in [0, 0.1) is 5.92 Å². The summed E-state index contributed by atoms with van der Waals surface area (Å²) in [6.07, 6.45) is 5.54. The number of anilines is 1. The Morgan fingerprint density at radius 3 is 2.82 bits per heavy atom. The summed E-state index contributed by atoms with van der Waals surface area (Å²) in [7, 11) is 0. The van der Waals surface area contributed by atoms with Gasteiger partial charge in [-0.1, -0.05) is 6.07 Å². The van der Waals surface area contributed by atoms with E-state index in [0.717, 1.165) is 82.9 Å². The van der Waals surface area contributed by atoms with Gasteiger partial charge in [-0.2, -0.15) is 0 Å². The van der Waals surface area contributed by atoms with Gasteiger partial charge >= 0.3 is 0 Å². The van der Waals surface area contributed by atoms with Crippen molar-refractivity contribution < 1.29 is 9.15 Å². The summed E-state index contributed by atoms with van der Waals surface area (Å²) in [6.45, 7) is 7.10. The second-order valence-corrected chi connectivity index (χ2v) is 7.31. The highest BCUT2D eigenvalue weighted by atomic mass is 16.5. The first-order chi connectivity index (χ1) is 13.9. The van der Waals surface area contributed by atoms with Gasteiger partial charge in [0.2, 0.25) is 0 Å². The zero-order valence-corrected chi connectivity index (χ0v) is 16.3. The quantitative estimate of drug-likeness (QED) is 0.608. The normalized spacial score (nSPS) is 20.6. The third kappa shape index (κ3) is 5.04. The van der Waals surface area contributed by atoms with Gasteiger partial charge in [-0.25, -0.2) is 4.98 Å². The van der Waals surface area contributed by atoms with E-state index < -0.39 is 0 Å². The predicted octanol–water partition coefficient (Wildman–Crippen LogP) is 2.02. The van der Waals surface area contributed by atoms with Gasteiger partial charge < -0.3 is 24.3 Å². The average Bonchev–Trinajstić information content (AvgIpc) is 3.46. The lowest BCUT2D eigenvalue weighted by Crippen LogP contribution is -2.53. The molecule has 28 heavy (non-hydrogen) atoms. The largest absolute Gasteiger partial charge is 0.469 e. The van der Waals surface area contributed by atoms with Crippen molar-refractivity contribution in [3.8, 4) is 0 Å². The number of guanidine groups is 1. The van der Waals surface area contributed by atoms with Crippen molar-refractivity contribution in [3.05, 3.63) is 48.6 Å². The SMILES string of the molecule is c1ccc(N2CCN(C(=NCC3CCOC3)NCCc3ccco3)CC2)nc1. The van der Waals surface area contributed by atoms with E-state index >= 15 is 0 Å². The van der Waals surface area contributed by atoms with Crippen LogP contribution in [0.1, 0.15) is 12.2 Å². The molecular formula is C21H29N5O2. The fraction of sp³-hybridized carbons (Fsp3) is 0.524. The number of nitrogens with one attached hydrogen (secondary N) is 1. The molecule has 2 aromatic heterocycles. The maximum absolute atomic E-state index is 5.50. The van der Waals surface area contributed by atoms with E-state index in [9.17, 15) is 0 Å². The van der Waals surface area contributed by atoms with E-state index in [4.69, 9.17) is 14.1 Å². The molecule has 2 aromatic rings. The number of hydrogen-bond donors (Lipinski definition) is 1. The molecule has 0 amide bonds. The number of piperazine rings is 1. The maximum Gasteiger partial charge on any atom is 0.194 e. The van der Waals surface area contributed by atoms with E-state index in [-0.39, 0.29) is 0 Å². The zero-order chi connectivity index (χ0) is 19.0. The first-order valence-corrected chi connectivity index (χ1v) is 10.2. The molecule has 2 aliphatic rings. The lowest BCUT2D eigenvalue weighted by Gasteiger charge is -2.37. The lowest BCUT2D eigenvalue weighted by atomic mass is 10.1. The van der Waals surface area contributed by atoms with Gasteiger partial charge in [0.05, 0.1) is 12.9 Å². The van der Waals surface area contributed by atoms with Crippen LogP contribution in [0.2, 0.25) is 0 Å². The highest BCUT2D eigenvalue weighted by Crippen LogP contribution is 2.15. The molecule has 2 aliphatic heterocycles. The van der Waals surface area contributed by atoms with Crippen LogP contribution in [0.4, 0.5) is 5.82 Å². The Hall–Kier alpha value is -2.54. The number of furan rings is 1. The fourth-order valence-electron chi connectivity index (χ4n) is 3.65. The predicted molar refractivity (Wildman–Crippen MR) is 110 cm³/mol. The van der Waals surface area contributed by atoms with Crippen molar-refractivity contribution >= 4 is 11.8 Å². The summed E-state index contributed by atoms with van der Waals surface area (Å²) >= 11 is 0. The molecule has 2 saturated heterocycles. The molecule has 150 valence electrons. The highest BCUT2D eigenvalue weighted by molar-refractivity contribution is 5.80. The molecule has 0 spiro atoms. The van der Waals surface area contributed by atoms with E-state index in [0.29, 0.717) is 5.92 Å². The standard InChI is InChI=1S/C21H29N5O2/c1-2-8-22-20(5-1)25-10-12-26(13-11-25)21(24-16-18-7-15-27-17-18)23-9-6-19-4-3-14-28-19/h1-5,8,14,18H,6-7,9-13,15-17H2,(H,23,24). The smallest absolute Gasteiger partial charge is 0.194 e. The minimum atomic E-state index is 0.539. The van der Waals surface area contributed by atoms with Gasteiger partial charge in [-0.3, -0.25) is 4.99 Å². The molecule has 1 atom stereocenters. The number of rotatable bonds is 6. The van der Waals surface area contributed by atoms with Gasteiger partial charge in [0.25, 0.3) is 0 Å². The summed E-state index contributed by atoms with van der Waals surface area (Å²) in [5.41, 5.74) is 0. The third-order valence-electron chi connectivity index (χ3n) is 5.31. The highest BCUT2D eigenvalue weighted by Gasteiger charge is 2.22. The Morgan fingerprint density at radius 2 is 2.11 bits per heavy atom. The number of aliphatic imine (C=N–C) groups is 1. The third-order valence-corrected chi connectivity index (χ3v) is 5.31. The minimum absolute atomic E-state index is 0.539. The Labute approximate surface area is 166 Å². The van der Waals surface area contributed by atoms with E-state index in [1.165, 1.54) is 0 Å². The number of hydrogen-bond acceptors (Lipinski definition) is 5. The van der Waals surface area contributed by atoms with Gasteiger partial charge in [-0.15, -0.1) is 0 Å². The molecule has 2 fully saturated rings. The Kier molecular flexibility index (Phi) is 6.44. The fourth-order valence-corrected chi connectivity index (χ4v) is 3.65. The topological polar surface area (TPSA) is 66.1 Å². The molecule has 4 heterocycles. The zero-order valence-electron chi connectivity index (χ0n) is 16.3. The molecule has 0 bridgehead atoms. The molecular weight excluding hydrogens is 354 g/mol. The number of aromatic nitrogens is 1. The second kappa shape index (κ2) is 9.59. The number of nitrogens with zero attached hydrogens (tertiary/aromatic N) is 4. The molecule has 0 radical (unpaired) electrons. The molecule has 7 nitrogen and oxygen atoms in total. The van der Waals surface area contributed by atoms with Crippen LogP contribution in [0.5, 0.6) is 0 Å². The lowest BCUT2D eigenvalue weighted by molar-refractivity contribution is 0.187. The summed E-state index contributed by atoms with van der Waals surface area (Å²) in [4.78, 5) is 14.1. The summed E-state index contributed by atoms with van der Waals surface area (Å²) in [5.74, 6) is 3.58. The van der Waals surface area contributed by atoms with Crippen molar-refractivity contribution in [1.82, 2.24) is 15.2 Å². The van der Waals surface area contributed by atoms with E-state index in [1.54, 1.807) is 6.26 Å². The van der Waals surface area contributed by atoms with Crippen molar-refractivity contribution in [2.75, 3.05) is 57.4 Å². The molecule has 0 saturated carbocycles. The molecule has 1 unspecified atom stereocenters. The monoisotopic (exact) mass is 383 g/mol. The van der Waals surface area contributed by atoms with Crippen LogP contribution >= 0.6 is 0 Å². The van der Waals surface area contributed by atoms with Crippen molar-refractivity contribution in [2.24, 2.45) is 10.9 Å². The van der Waals surface area contributed by atoms with E-state index in [1.807, 2.05) is 30.5 Å². The molecule has 4 rings (SSSR count). The van der Waals surface area contributed by atoms with Crippen molar-refractivity contribution in [3.63, 3.8) is 0 Å². The summed E-state index contributed by atoms with van der Waals surface area (Å²) < 4.78 is 10.9.